The lowest BCUT2D eigenvalue weighted by molar-refractivity contribution is 0.0499. The normalized spacial score (nSPS) is 17.8. The van der Waals surface area contributed by atoms with Crippen molar-refractivity contribution in [3.05, 3.63) is 65.2 Å². The highest BCUT2D eigenvalue weighted by atomic mass is 16.5. The van der Waals surface area contributed by atoms with E-state index in [-0.39, 0.29) is 12.6 Å². The van der Waals surface area contributed by atoms with Gasteiger partial charge in [-0.3, -0.25) is 9.80 Å². The van der Waals surface area contributed by atoms with Crippen molar-refractivity contribution in [3.8, 4) is 5.75 Å². The van der Waals surface area contributed by atoms with Crippen LogP contribution in [0, 0.1) is 0 Å². The zero-order chi connectivity index (χ0) is 20.6. The Bertz CT molecular complexity index is 794. The average Bonchev–Trinajstić information content (AvgIpc) is 2.76. The molecule has 1 aliphatic heterocycles. The van der Waals surface area contributed by atoms with E-state index in [2.05, 4.69) is 21.9 Å². The Hall–Kier alpha value is -2.41. The molecule has 1 fully saturated rings. The van der Waals surface area contributed by atoms with E-state index in [1.807, 2.05) is 36.4 Å². The van der Waals surface area contributed by atoms with Gasteiger partial charge in [0.15, 0.2) is 0 Å². The Morgan fingerprint density at radius 2 is 1.86 bits per heavy atom. The number of hydrogen-bond acceptors (Lipinski definition) is 6. The predicted molar refractivity (Wildman–Crippen MR) is 112 cm³/mol. The number of piperazine rings is 1. The maximum Gasteiger partial charge on any atom is 0.337 e. The van der Waals surface area contributed by atoms with Crippen LogP contribution in [0.2, 0.25) is 0 Å². The van der Waals surface area contributed by atoms with Crippen molar-refractivity contribution in [1.29, 1.82) is 0 Å². The van der Waals surface area contributed by atoms with Gasteiger partial charge in [-0.05, 0) is 41.8 Å². The van der Waals surface area contributed by atoms with Crippen LogP contribution in [0.3, 0.4) is 0 Å². The lowest BCUT2D eigenvalue weighted by Gasteiger charge is -2.41. The van der Waals surface area contributed by atoms with Gasteiger partial charge in [0, 0.05) is 45.4 Å². The van der Waals surface area contributed by atoms with E-state index in [1.165, 1.54) is 18.2 Å². The minimum absolute atomic E-state index is 0.181. The van der Waals surface area contributed by atoms with Crippen LogP contribution in [-0.4, -0.2) is 67.4 Å². The number of carbonyl (C=O) groups is 1. The van der Waals surface area contributed by atoms with Crippen molar-refractivity contribution in [2.24, 2.45) is 0 Å². The first-order valence-corrected chi connectivity index (χ1v) is 10.0. The summed E-state index contributed by atoms with van der Waals surface area (Å²) in [5.74, 6) is 0.556. The van der Waals surface area contributed by atoms with Crippen LogP contribution in [0.5, 0.6) is 5.75 Å². The Labute approximate surface area is 172 Å². The summed E-state index contributed by atoms with van der Waals surface area (Å²) in [5, 5.41) is 9.56. The monoisotopic (exact) mass is 398 g/mol. The molecule has 0 amide bonds. The summed E-state index contributed by atoms with van der Waals surface area (Å²) < 4.78 is 10.1. The molecular formula is C23H30N2O4. The second-order valence-corrected chi connectivity index (χ2v) is 7.41. The van der Waals surface area contributed by atoms with Gasteiger partial charge >= 0.3 is 5.97 Å². The predicted octanol–water partition coefficient (Wildman–Crippen LogP) is 2.55. The minimum Gasteiger partial charge on any atom is -0.497 e. The van der Waals surface area contributed by atoms with Crippen LogP contribution in [0.1, 0.15) is 27.9 Å². The second-order valence-electron chi connectivity index (χ2n) is 7.41. The van der Waals surface area contributed by atoms with Crippen LogP contribution < -0.4 is 4.74 Å². The summed E-state index contributed by atoms with van der Waals surface area (Å²) in [6, 6.07) is 16.1. The maximum absolute atomic E-state index is 11.6. The molecule has 0 saturated carbocycles. The molecule has 1 atom stereocenters. The SMILES string of the molecule is COC(=O)c1ccc(CN2CCN(Cc3cccc(OC)c3)[C@@H](CCO)C2)cc1. The third-order valence-corrected chi connectivity index (χ3v) is 5.45. The topological polar surface area (TPSA) is 62.2 Å². The van der Waals surface area contributed by atoms with Gasteiger partial charge in [-0.2, -0.15) is 0 Å². The summed E-state index contributed by atoms with van der Waals surface area (Å²) in [6.07, 6.45) is 0.752. The molecule has 1 heterocycles. The molecule has 0 aromatic heterocycles. The Kier molecular flexibility index (Phi) is 7.63. The van der Waals surface area contributed by atoms with E-state index in [0.717, 1.165) is 44.9 Å². The number of benzene rings is 2. The molecule has 6 heteroatoms. The fourth-order valence-corrected chi connectivity index (χ4v) is 3.86. The highest BCUT2D eigenvalue weighted by molar-refractivity contribution is 5.89. The van der Waals surface area contributed by atoms with Gasteiger partial charge in [-0.15, -0.1) is 0 Å². The molecule has 156 valence electrons. The van der Waals surface area contributed by atoms with Gasteiger partial charge in [0.05, 0.1) is 19.8 Å². The molecule has 1 N–H and O–H groups in total. The zero-order valence-electron chi connectivity index (χ0n) is 17.2. The fourth-order valence-electron chi connectivity index (χ4n) is 3.86. The van der Waals surface area contributed by atoms with Gasteiger partial charge in [0.2, 0.25) is 0 Å². The van der Waals surface area contributed by atoms with Crippen molar-refractivity contribution >= 4 is 5.97 Å². The second kappa shape index (κ2) is 10.4. The first-order valence-electron chi connectivity index (χ1n) is 10.0. The van der Waals surface area contributed by atoms with E-state index in [0.29, 0.717) is 11.6 Å². The van der Waals surface area contributed by atoms with E-state index >= 15 is 0 Å². The van der Waals surface area contributed by atoms with Crippen molar-refractivity contribution in [3.63, 3.8) is 0 Å². The quantitative estimate of drug-likeness (QED) is 0.690. The molecule has 0 aliphatic carbocycles. The van der Waals surface area contributed by atoms with Crippen molar-refractivity contribution in [2.45, 2.75) is 25.6 Å². The standard InChI is InChI=1S/C23H30N2O4/c1-28-22-5-3-4-19(14-22)16-25-12-11-24(17-21(25)10-13-26)15-18-6-8-20(9-7-18)23(27)29-2/h3-9,14,21,26H,10-13,15-17H2,1-2H3/t21-/m0/s1. The van der Waals surface area contributed by atoms with Crippen molar-refractivity contribution in [1.82, 2.24) is 9.80 Å². The molecular weight excluding hydrogens is 368 g/mol. The number of rotatable bonds is 8. The number of esters is 1. The number of carbonyl (C=O) groups excluding carboxylic acids is 1. The molecule has 0 unspecified atom stereocenters. The van der Waals surface area contributed by atoms with Gasteiger partial charge in [-0.1, -0.05) is 24.3 Å². The zero-order valence-corrected chi connectivity index (χ0v) is 17.2. The number of aliphatic hydroxyl groups is 1. The molecule has 29 heavy (non-hydrogen) atoms. The Balaban J connectivity index is 1.61. The van der Waals surface area contributed by atoms with Gasteiger partial charge < -0.3 is 14.6 Å². The highest BCUT2D eigenvalue weighted by Gasteiger charge is 2.26. The van der Waals surface area contributed by atoms with E-state index in [4.69, 9.17) is 9.47 Å². The highest BCUT2D eigenvalue weighted by Crippen LogP contribution is 2.20. The molecule has 0 spiro atoms. The van der Waals surface area contributed by atoms with Gasteiger partial charge in [0.25, 0.3) is 0 Å². The maximum atomic E-state index is 11.6. The minimum atomic E-state index is -0.314. The summed E-state index contributed by atoms with van der Waals surface area (Å²) in [6.45, 7) is 4.68. The Morgan fingerprint density at radius 1 is 1.07 bits per heavy atom. The van der Waals surface area contributed by atoms with Crippen LogP contribution in [0.4, 0.5) is 0 Å². The van der Waals surface area contributed by atoms with E-state index in [1.54, 1.807) is 7.11 Å². The van der Waals surface area contributed by atoms with Crippen molar-refractivity contribution in [2.75, 3.05) is 40.5 Å². The fraction of sp³-hybridized carbons (Fsp3) is 0.435. The smallest absolute Gasteiger partial charge is 0.337 e. The molecule has 0 bridgehead atoms. The molecule has 6 nitrogen and oxygen atoms in total. The first-order chi connectivity index (χ1) is 14.1. The number of nitrogens with zero attached hydrogens (tertiary/aromatic N) is 2. The van der Waals surface area contributed by atoms with Crippen LogP contribution in [-0.2, 0) is 17.8 Å². The molecule has 0 radical (unpaired) electrons. The Morgan fingerprint density at radius 3 is 2.55 bits per heavy atom. The lowest BCUT2D eigenvalue weighted by atomic mass is 10.1. The molecule has 3 rings (SSSR count). The molecule has 1 saturated heterocycles. The lowest BCUT2D eigenvalue weighted by Crippen LogP contribution is -2.52. The third-order valence-electron chi connectivity index (χ3n) is 5.45. The number of aliphatic hydroxyl groups excluding tert-OH is 1. The largest absolute Gasteiger partial charge is 0.497 e. The average molecular weight is 399 g/mol. The van der Waals surface area contributed by atoms with Crippen molar-refractivity contribution < 1.29 is 19.4 Å². The molecule has 1 aliphatic rings. The van der Waals surface area contributed by atoms with Gasteiger partial charge in [-0.25, -0.2) is 4.79 Å². The number of hydrogen-bond donors (Lipinski definition) is 1. The summed E-state index contributed by atoms with van der Waals surface area (Å²) in [7, 11) is 3.08. The first kappa shape index (κ1) is 21.3. The van der Waals surface area contributed by atoms with Crippen LogP contribution in [0.15, 0.2) is 48.5 Å². The summed E-state index contributed by atoms with van der Waals surface area (Å²) in [4.78, 5) is 16.4. The summed E-state index contributed by atoms with van der Waals surface area (Å²) >= 11 is 0. The number of methoxy groups -OCH3 is 2. The molecule has 2 aromatic carbocycles. The number of ether oxygens (including phenoxy) is 2. The third kappa shape index (κ3) is 5.79. The molecule has 2 aromatic rings. The van der Waals surface area contributed by atoms with E-state index in [9.17, 15) is 9.90 Å². The van der Waals surface area contributed by atoms with Gasteiger partial charge in [0.1, 0.15) is 5.75 Å². The van der Waals surface area contributed by atoms with E-state index < -0.39 is 0 Å². The van der Waals surface area contributed by atoms with Crippen LogP contribution in [0.25, 0.3) is 0 Å². The van der Waals surface area contributed by atoms with Crippen LogP contribution >= 0.6 is 0 Å². The summed E-state index contributed by atoms with van der Waals surface area (Å²) in [5.41, 5.74) is 2.96.